The topological polar surface area (TPSA) is 37.3 Å². The third kappa shape index (κ3) is 2.60. The van der Waals surface area contributed by atoms with E-state index in [1.807, 2.05) is 0 Å². The molecule has 1 heterocycles. The lowest BCUT2D eigenvalue weighted by atomic mass is 9.98. The van der Waals surface area contributed by atoms with Gasteiger partial charge in [0.1, 0.15) is 16.5 Å². The van der Waals surface area contributed by atoms with Crippen LogP contribution in [-0.2, 0) is 6.42 Å². The Hall–Kier alpha value is -1.98. The number of carboxylic acids is 1. The van der Waals surface area contributed by atoms with Gasteiger partial charge in [-0.2, -0.15) is 0 Å². The quantitative estimate of drug-likeness (QED) is 0.650. The average Bonchev–Trinajstić information content (AvgIpc) is 2.86. The summed E-state index contributed by atoms with van der Waals surface area (Å²) in [5, 5.41) is 10.5. The summed E-state index contributed by atoms with van der Waals surface area (Å²) in [4.78, 5) is 11.6. The largest absolute Gasteiger partial charge is 0.477 e. The molecule has 118 valence electrons. The molecule has 0 unspecified atom stereocenters. The van der Waals surface area contributed by atoms with Crippen molar-refractivity contribution in [3.63, 3.8) is 0 Å². The van der Waals surface area contributed by atoms with E-state index in [2.05, 4.69) is 0 Å². The lowest BCUT2D eigenvalue weighted by molar-refractivity contribution is 0.0703. The summed E-state index contributed by atoms with van der Waals surface area (Å²) >= 11 is 6.96. The number of hydrogen-bond donors (Lipinski definition) is 1. The smallest absolute Gasteiger partial charge is 0.346 e. The van der Waals surface area contributed by atoms with Gasteiger partial charge in [-0.15, -0.1) is 11.3 Å². The zero-order valence-corrected chi connectivity index (χ0v) is 13.6. The Bertz CT molecular complexity index is 934. The fourth-order valence-corrected chi connectivity index (χ4v) is 3.94. The Kier molecular flexibility index (Phi) is 4.08. The molecule has 0 spiro atoms. The van der Waals surface area contributed by atoms with Crippen LogP contribution in [0, 0.1) is 11.6 Å². The van der Waals surface area contributed by atoms with Crippen LogP contribution in [0.4, 0.5) is 8.78 Å². The monoisotopic (exact) mass is 352 g/mol. The van der Waals surface area contributed by atoms with Gasteiger partial charge >= 0.3 is 5.97 Å². The summed E-state index contributed by atoms with van der Waals surface area (Å²) in [6.45, 7) is 1.65. The van der Waals surface area contributed by atoms with Crippen LogP contribution in [0.15, 0.2) is 30.3 Å². The number of fused-ring (bicyclic) bond motifs is 1. The maximum absolute atomic E-state index is 14.7. The predicted octanol–water partition coefficient (Wildman–Crippen LogP) is 5.76. The number of benzene rings is 2. The number of thiophene rings is 1. The van der Waals surface area contributed by atoms with E-state index in [9.17, 15) is 18.7 Å². The van der Waals surface area contributed by atoms with Crippen LogP contribution < -0.4 is 0 Å². The molecule has 1 N–H and O–H groups in total. The second-order valence-corrected chi connectivity index (χ2v) is 6.48. The van der Waals surface area contributed by atoms with Gasteiger partial charge in [0.25, 0.3) is 0 Å². The highest BCUT2D eigenvalue weighted by Crippen LogP contribution is 2.41. The van der Waals surface area contributed by atoms with Gasteiger partial charge in [0, 0.05) is 31.8 Å². The van der Waals surface area contributed by atoms with E-state index in [1.54, 1.807) is 25.1 Å². The molecule has 0 radical (unpaired) electrons. The first-order chi connectivity index (χ1) is 10.9. The molecule has 0 aliphatic heterocycles. The Balaban J connectivity index is 2.40. The normalized spacial score (nSPS) is 11.1. The molecular formula is C17H11ClF2O2S. The molecule has 1 aromatic heterocycles. The lowest BCUT2D eigenvalue weighted by Crippen LogP contribution is -2.00. The van der Waals surface area contributed by atoms with Crippen LogP contribution in [-0.4, -0.2) is 11.1 Å². The third-order valence-corrected chi connectivity index (χ3v) is 5.03. The number of aromatic carboxylic acids is 1. The van der Waals surface area contributed by atoms with Gasteiger partial charge in [0.15, 0.2) is 0 Å². The second kappa shape index (κ2) is 5.91. The minimum Gasteiger partial charge on any atom is -0.477 e. The second-order valence-electron chi connectivity index (χ2n) is 4.99. The fraction of sp³-hybridized carbons (Fsp3) is 0.118. The minimum atomic E-state index is -1.15. The van der Waals surface area contributed by atoms with Gasteiger partial charge < -0.3 is 5.11 Å². The minimum absolute atomic E-state index is 0.00910. The summed E-state index contributed by atoms with van der Waals surface area (Å²) in [7, 11) is 0. The first kappa shape index (κ1) is 15.9. The van der Waals surface area contributed by atoms with E-state index in [0.717, 1.165) is 11.3 Å². The summed E-state index contributed by atoms with van der Waals surface area (Å²) in [5.41, 5.74) is 0.308. The highest BCUT2D eigenvalue weighted by molar-refractivity contribution is 7.21. The van der Waals surface area contributed by atoms with Crippen molar-refractivity contribution in [3.8, 4) is 11.1 Å². The Labute approximate surface area is 139 Å². The number of halogens is 3. The van der Waals surface area contributed by atoms with E-state index in [4.69, 9.17) is 11.6 Å². The van der Waals surface area contributed by atoms with Crippen LogP contribution in [0.5, 0.6) is 0 Å². The van der Waals surface area contributed by atoms with Crippen molar-refractivity contribution in [2.24, 2.45) is 0 Å². The zero-order valence-electron chi connectivity index (χ0n) is 12.0. The number of carbonyl (C=O) groups is 1. The van der Waals surface area contributed by atoms with Crippen molar-refractivity contribution in [2.75, 3.05) is 0 Å². The zero-order chi connectivity index (χ0) is 16.7. The summed E-state index contributed by atoms with van der Waals surface area (Å²) in [6.07, 6.45) is 0.182. The number of hydrogen-bond acceptors (Lipinski definition) is 2. The van der Waals surface area contributed by atoms with E-state index in [-0.39, 0.29) is 28.0 Å². The molecule has 0 aliphatic rings. The van der Waals surface area contributed by atoms with E-state index in [0.29, 0.717) is 15.1 Å². The molecule has 2 aromatic carbocycles. The van der Waals surface area contributed by atoms with Crippen molar-refractivity contribution in [1.82, 2.24) is 0 Å². The van der Waals surface area contributed by atoms with Crippen LogP contribution in [0.3, 0.4) is 0 Å². The molecule has 2 nitrogen and oxygen atoms in total. The average molecular weight is 353 g/mol. The first-order valence-electron chi connectivity index (χ1n) is 6.86. The molecular weight excluding hydrogens is 342 g/mol. The van der Waals surface area contributed by atoms with E-state index < -0.39 is 17.6 Å². The maximum atomic E-state index is 14.7. The Morgan fingerprint density at radius 2 is 2.00 bits per heavy atom. The molecule has 0 amide bonds. The third-order valence-electron chi connectivity index (χ3n) is 3.66. The van der Waals surface area contributed by atoms with Crippen LogP contribution in [0.25, 0.3) is 21.2 Å². The standard InChI is InChI=1S/C17H11ClF2O2S/c1-2-9-12(19)6-5-11(15(9)20)14-10-4-3-8(18)7-13(10)23-16(14)17(21)22/h3-7H,2H2,1H3,(H,21,22). The molecule has 3 rings (SSSR count). The summed E-state index contributed by atoms with van der Waals surface area (Å²) in [6, 6.07) is 7.37. The SMILES string of the molecule is CCc1c(F)ccc(-c2c(C(=O)O)sc3cc(Cl)ccc23)c1F. The van der Waals surface area contributed by atoms with Gasteiger partial charge in [0.05, 0.1) is 0 Å². The van der Waals surface area contributed by atoms with E-state index >= 15 is 0 Å². The Morgan fingerprint density at radius 1 is 1.26 bits per heavy atom. The molecule has 3 aromatic rings. The molecule has 0 atom stereocenters. The molecule has 6 heteroatoms. The van der Waals surface area contributed by atoms with Gasteiger partial charge in [-0.1, -0.05) is 24.6 Å². The van der Waals surface area contributed by atoms with Crippen LogP contribution >= 0.6 is 22.9 Å². The maximum Gasteiger partial charge on any atom is 0.346 e. The van der Waals surface area contributed by atoms with Crippen LogP contribution in [0.2, 0.25) is 5.02 Å². The molecule has 0 saturated heterocycles. The van der Waals surface area contributed by atoms with Gasteiger partial charge in [-0.3, -0.25) is 0 Å². The lowest BCUT2D eigenvalue weighted by Gasteiger charge is -2.09. The highest BCUT2D eigenvalue weighted by atomic mass is 35.5. The molecule has 0 bridgehead atoms. The van der Waals surface area contributed by atoms with Gasteiger partial charge in [-0.05, 0) is 30.7 Å². The summed E-state index contributed by atoms with van der Waals surface area (Å²) < 4.78 is 29.1. The highest BCUT2D eigenvalue weighted by Gasteiger charge is 2.23. The summed E-state index contributed by atoms with van der Waals surface area (Å²) in [5.74, 6) is -2.50. The van der Waals surface area contributed by atoms with Gasteiger partial charge in [0.2, 0.25) is 0 Å². The van der Waals surface area contributed by atoms with Crippen molar-refractivity contribution in [1.29, 1.82) is 0 Å². The van der Waals surface area contributed by atoms with Crippen LogP contribution in [0.1, 0.15) is 22.2 Å². The van der Waals surface area contributed by atoms with Crippen molar-refractivity contribution >= 4 is 39.0 Å². The van der Waals surface area contributed by atoms with Gasteiger partial charge in [-0.25, -0.2) is 13.6 Å². The number of carboxylic acid groups (broad SMARTS) is 1. The predicted molar refractivity (Wildman–Crippen MR) is 88.5 cm³/mol. The molecule has 23 heavy (non-hydrogen) atoms. The number of rotatable bonds is 3. The van der Waals surface area contributed by atoms with Crippen molar-refractivity contribution < 1.29 is 18.7 Å². The molecule has 0 saturated carbocycles. The fourth-order valence-electron chi connectivity index (χ4n) is 2.60. The van der Waals surface area contributed by atoms with Crippen molar-refractivity contribution in [2.45, 2.75) is 13.3 Å². The Morgan fingerprint density at radius 3 is 2.65 bits per heavy atom. The van der Waals surface area contributed by atoms with E-state index in [1.165, 1.54) is 12.1 Å². The molecule has 0 aliphatic carbocycles. The first-order valence-corrected chi connectivity index (χ1v) is 8.06. The molecule has 0 fully saturated rings. The van der Waals surface area contributed by atoms with Crippen molar-refractivity contribution in [3.05, 3.63) is 57.4 Å².